The zero-order valence-corrected chi connectivity index (χ0v) is 15.6. The molecular weight excluding hydrogens is 316 g/mol. The molecule has 6 nitrogen and oxygen atoms in total. The molecule has 0 saturated heterocycles. The first kappa shape index (κ1) is 17.7. The van der Waals surface area contributed by atoms with E-state index in [0.29, 0.717) is 30.2 Å². The molecular formula is C19H28N4O2. The van der Waals surface area contributed by atoms with Gasteiger partial charge in [-0.1, -0.05) is 33.6 Å². The molecule has 1 aliphatic rings. The zero-order chi connectivity index (χ0) is 17.9. The molecule has 2 aromatic rings. The number of rotatable bonds is 7. The third-order valence-electron chi connectivity index (χ3n) is 5.02. The lowest BCUT2D eigenvalue weighted by Crippen LogP contribution is -2.42. The average molecular weight is 344 g/mol. The molecule has 0 fully saturated rings. The van der Waals surface area contributed by atoms with Crippen LogP contribution in [0.4, 0.5) is 6.01 Å². The fraction of sp³-hybridized carbons (Fsp3) is 0.632. The van der Waals surface area contributed by atoms with E-state index >= 15 is 0 Å². The molecule has 0 bridgehead atoms. The van der Waals surface area contributed by atoms with Crippen molar-refractivity contribution >= 4 is 23.3 Å². The van der Waals surface area contributed by atoms with Gasteiger partial charge >= 0.3 is 6.01 Å². The molecule has 0 unspecified atom stereocenters. The van der Waals surface area contributed by atoms with Gasteiger partial charge in [-0.25, -0.2) is 9.98 Å². The standard InChI is InChI=1S/C19H28N4O2/c1-5-8-14(9-6-2)19(7-3)12-20-17(25-19)23-18-22-15-11-10-13(4)21-16(15)24-18/h10-11,14H,5-9,12H2,1-4H3,(H,20,22,23)/t19-/m1/s1. The lowest BCUT2D eigenvalue weighted by atomic mass is 9.79. The molecule has 1 N–H and O–H groups in total. The second kappa shape index (κ2) is 7.42. The van der Waals surface area contributed by atoms with Gasteiger partial charge in [-0.3, -0.25) is 5.32 Å². The van der Waals surface area contributed by atoms with E-state index in [4.69, 9.17) is 9.15 Å². The maximum atomic E-state index is 6.31. The Hall–Kier alpha value is -2.11. The third-order valence-corrected chi connectivity index (χ3v) is 5.02. The van der Waals surface area contributed by atoms with E-state index in [1.807, 2.05) is 19.1 Å². The summed E-state index contributed by atoms with van der Waals surface area (Å²) in [7, 11) is 0. The molecule has 3 rings (SSSR count). The number of ether oxygens (including phenoxy) is 1. The number of nitrogens with one attached hydrogen (secondary N) is 1. The number of aryl methyl sites for hydroxylation is 1. The van der Waals surface area contributed by atoms with E-state index in [1.54, 1.807) is 0 Å². The number of aliphatic imine (C=N–C) groups is 1. The normalized spacial score (nSPS) is 20.1. The molecule has 0 amide bonds. The van der Waals surface area contributed by atoms with Gasteiger partial charge < -0.3 is 9.15 Å². The highest BCUT2D eigenvalue weighted by Crippen LogP contribution is 2.37. The van der Waals surface area contributed by atoms with Crippen LogP contribution in [0.25, 0.3) is 11.2 Å². The Morgan fingerprint density at radius 1 is 1.16 bits per heavy atom. The van der Waals surface area contributed by atoms with Crippen LogP contribution in [-0.4, -0.2) is 28.1 Å². The second-order valence-corrected chi connectivity index (χ2v) is 6.84. The maximum absolute atomic E-state index is 6.31. The molecule has 0 radical (unpaired) electrons. The molecule has 25 heavy (non-hydrogen) atoms. The van der Waals surface area contributed by atoms with Gasteiger partial charge in [0.15, 0.2) is 0 Å². The molecule has 0 spiro atoms. The molecule has 1 aliphatic heterocycles. The first-order chi connectivity index (χ1) is 12.1. The number of hydrogen-bond acceptors (Lipinski definition) is 6. The van der Waals surface area contributed by atoms with Crippen LogP contribution in [0.3, 0.4) is 0 Å². The maximum Gasteiger partial charge on any atom is 0.305 e. The van der Waals surface area contributed by atoms with E-state index in [-0.39, 0.29) is 5.60 Å². The van der Waals surface area contributed by atoms with E-state index in [2.05, 4.69) is 41.0 Å². The van der Waals surface area contributed by atoms with Crippen LogP contribution < -0.4 is 5.32 Å². The van der Waals surface area contributed by atoms with Crippen molar-refractivity contribution in [3.63, 3.8) is 0 Å². The van der Waals surface area contributed by atoms with E-state index < -0.39 is 0 Å². The summed E-state index contributed by atoms with van der Waals surface area (Å²) in [5.74, 6) is 0.517. The largest absolute Gasteiger partial charge is 0.456 e. The van der Waals surface area contributed by atoms with Crippen molar-refractivity contribution in [2.45, 2.75) is 65.4 Å². The number of pyridine rings is 1. The average Bonchev–Trinajstić information content (AvgIpc) is 3.19. The Labute approximate surface area is 149 Å². The Morgan fingerprint density at radius 2 is 1.92 bits per heavy atom. The summed E-state index contributed by atoms with van der Waals surface area (Å²) in [6, 6.07) is 4.70. The number of fused-ring (bicyclic) bond motifs is 1. The van der Waals surface area contributed by atoms with Crippen LogP contribution in [0, 0.1) is 12.8 Å². The minimum absolute atomic E-state index is 0.213. The summed E-state index contributed by atoms with van der Waals surface area (Å²) in [6.07, 6.45) is 5.59. The third kappa shape index (κ3) is 3.62. The van der Waals surface area contributed by atoms with Crippen LogP contribution in [0.15, 0.2) is 21.5 Å². The minimum atomic E-state index is -0.213. The molecule has 1 atom stereocenters. The van der Waals surface area contributed by atoms with Gasteiger partial charge in [-0.05, 0) is 38.3 Å². The van der Waals surface area contributed by atoms with Crippen molar-refractivity contribution in [3.05, 3.63) is 17.8 Å². The van der Waals surface area contributed by atoms with E-state index in [9.17, 15) is 0 Å². The summed E-state index contributed by atoms with van der Waals surface area (Å²) in [6.45, 7) is 9.26. The van der Waals surface area contributed by atoms with Gasteiger partial charge in [0, 0.05) is 11.6 Å². The molecule has 0 aromatic carbocycles. The monoisotopic (exact) mass is 344 g/mol. The number of oxazole rings is 1. The number of hydrogen-bond donors (Lipinski definition) is 1. The van der Waals surface area contributed by atoms with Crippen molar-refractivity contribution in [1.29, 1.82) is 0 Å². The van der Waals surface area contributed by atoms with E-state index in [1.165, 1.54) is 0 Å². The fourth-order valence-electron chi connectivity index (χ4n) is 3.63. The highest BCUT2D eigenvalue weighted by molar-refractivity contribution is 5.89. The van der Waals surface area contributed by atoms with Crippen molar-refractivity contribution in [3.8, 4) is 0 Å². The SMILES string of the molecule is CCCC(CCC)[C@@]1(CC)CN=C(Nc2nc3ccc(C)nc3o2)O1. The van der Waals surface area contributed by atoms with Crippen LogP contribution in [0.2, 0.25) is 0 Å². The quantitative estimate of drug-likeness (QED) is 0.788. The Balaban J connectivity index is 1.73. The number of nitrogens with zero attached hydrogens (tertiary/aromatic N) is 3. The molecule has 6 heteroatoms. The van der Waals surface area contributed by atoms with Gasteiger partial charge in [0.1, 0.15) is 11.1 Å². The van der Waals surface area contributed by atoms with Crippen LogP contribution >= 0.6 is 0 Å². The van der Waals surface area contributed by atoms with Gasteiger partial charge in [0.25, 0.3) is 6.02 Å². The van der Waals surface area contributed by atoms with Crippen molar-refractivity contribution in [2.24, 2.45) is 10.9 Å². The first-order valence-corrected chi connectivity index (χ1v) is 9.35. The summed E-state index contributed by atoms with van der Waals surface area (Å²) in [5, 5.41) is 3.09. The fourth-order valence-corrected chi connectivity index (χ4v) is 3.63. The molecule has 0 saturated carbocycles. The first-order valence-electron chi connectivity index (χ1n) is 9.35. The number of aromatic nitrogens is 2. The van der Waals surface area contributed by atoms with Gasteiger partial charge in [-0.15, -0.1) is 0 Å². The van der Waals surface area contributed by atoms with Crippen LogP contribution in [0.1, 0.15) is 58.6 Å². The number of anilines is 1. The lowest BCUT2D eigenvalue weighted by molar-refractivity contribution is 0.0103. The minimum Gasteiger partial charge on any atom is -0.456 e. The van der Waals surface area contributed by atoms with Crippen molar-refractivity contribution in [2.75, 3.05) is 11.9 Å². The second-order valence-electron chi connectivity index (χ2n) is 6.84. The van der Waals surface area contributed by atoms with Crippen LogP contribution in [0.5, 0.6) is 0 Å². The van der Waals surface area contributed by atoms with Crippen molar-refractivity contribution in [1.82, 2.24) is 9.97 Å². The molecule has 0 aliphatic carbocycles. The molecule has 2 aromatic heterocycles. The Bertz CT molecular complexity index is 749. The zero-order valence-electron chi connectivity index (χ0n) is 15.6. The summed E-state index contributed by atoms with van der Waals surface area (Å²) in [4.78, 5) is 13.3. The predicted octanol–water partition coefficient (Wildman–Crippen LogP) is 4.69. The molecule has 136 valence electrons. The highest BCUT2D eigenvalue weighted by Gasteiger charge is 2.43. The summed E-state index contributed by atoms with van der Waals surface area (Å²) < 4.78 is 12.0. The molecule has 3 heterocycles. The lowest BCUT2D eigenvalue weighted by Gasteiger charge is -2.35. The summed E-state index contributed by atoms with van der Waals surface area (Å²) in [5.41, 5.74) is 1.94. The Kier molecular flexibility index (Phi) is 5.25. The van der Waals surface area contributed by atoms with Gasteiger partial charge in [0.05, 0.1) is 6.54 Å². The predicted molar refractivity (Wildman–Crippen MR) is 99.9 cm³/mol. The topological polar surface area (TPSA) is 72.5 Å². The number of amidine groups is 1. The van der Waals surface area contributed by atoms with Gasteiger partial charge in [0.2, 0.25) is 5.71 Å². The van der Waals surface area contributed by atoms with Gasteiger partial charge in [-0.2, -0.15) is 4.98 Å². The summed E-state index contributed by atoms with van der Waals surface area (Å²) >= 11 is 0. The van der Waals surface area contributed by atoms with Crippen LogP contribution in [-0.2, 0) is 4.74 Å². The highest BCUT2D eigenvalue weighted by atomic mass is 16.5. The van der Waals surface area contributed by atoms with E-state index in [0.717, 1.165) is 43.3 Å². The van der Waals surface area contributed by atoms with Crippen molar-refractivity contribution < 1.29 is 9.15 Å². The smallest absolute Gasteiger partial charge is 0.305 e. The Morgan fingerprint density at radius 3 is 2.60 bits per heavy atom.